The summed E-state index contributed by atoms with van der Waals surface area (Å²) in [6.07, 6.45) is 19.1. The van der Waals surface area contributed by atoms with E-state index in [2.05, 4.69) is 38.2 Å². The summed E-state index contributed by atoms with van der Waals surface area (Å²) in [4.78, 5) is 0. The van der Waals surface area contributed by atoms with E-state index in [1.165, 1.54) is 38.5 Å². The van der Waals surface area contributed by atoms with Gasteiger partial charge in [0.05, 0.1) is 0 Å². The summed E-state index contributed by atoms with van der Waals surface area (Å²) in [7, 11) is 0. The molecule has 0 N–H and O–H groups in total. The Morgan fingerprint density at radius 3 is 2.29 bits per heavy atom. The molecule has 0 spiro atoms. The normalized spacial score (nSPS) is 11.9. The second-order valence-electron chi connectivity index (χ2n) is 3.69. The molecule has 0 aliphatic carbocycles. The number of unbranched alkanes of at least 4 members (excludes halogenated alkanes) is 6. The molecule has 0 bridgehead atoms. The molecule has 0 saturated carbocycles. The molecule has 0 aromatic heterocycles. The van der Waals surface area contributed by atoms with Crippen LogP contribution in [-0.4, -0.2) is 0 Å². The van der Waals surface area contributed by atoms with Crippen molar-refractivity contribution in [3.63, 3.8) is 0 Å². The molecule has 0 aromatic carbocycles. The largest absolute Gasteiger partial charge is 0.0914 e. The van der Waals surface area contributed by atoms with Gasteiger partial charge in [-0.05, 0) is 26.2 Å². The van der Waals surface area contributed by atoms with E-state index in [-0.39, 0.29) is 0 Å². The van der Waals surface area contributed by atoms with Crippen molar-refractivity contribution in [2.75, 3.05) is 0 Å². The highest BCUT2D eigenvalue weighted by Gasteiger charge is 1.87. The molecule has 0 saturated heterocycles. The maximum Gasteiger partial charge on any atom is -0.0169 e. The van der Waals surface area contributed by atoms with Crippen molar-refractivity contribution in [1.82, 2.24) is 0 Å². The van der Waals surface area contributed by atoms with Crippen LogP contribution in [-0.2, 0) is 0 Å². The van der Waals surface area contributed by atoms with Gasteiger partial charge in [0.1, 0.15) is 0 Å². The van der Waals surface area contributed by atoms with Gasteiger partial charge in [-0.3, -0.25) is 0 Å². The molecule has 0 heterocycles. The smallest absolute Gasteiger partial charge is 0.0169 e. The zero-order valence-electron chi connectivity index (χ0n) is 9.67. The van der Waals surface area contributed by atoms with E-state index in [9.17, 15) is 0 Å². The number of rotatable bonds is 9. The summed E-state index contributed by atoms with van der Waals surface area (Å²) in [5, 5.41) is 0. The van der Waals surface area contributed by atoms with Gasteiger partial charge in [-0.25, -0.2) is 0 Å². The van der Waals surface area contributed by atoms with Crippen LogP contribution in [0.25, 0.3) is 0 Å². The third-order valence-electron chi connectivity index (χ3n) is 2.30. The Bertz CT molecular complexity index is 142. The van der Waals surface area contributed by atoms with Gasteiger partial charge in [0.2, 0.25) is 0 Å². The molecular formula is C14H25. The van der Waals surface area contributed by atoms with Crippen molar-refractivity contribution in [1.29, 1.82) is 0 Å². The Balaban J connectivity index is 3.01. The van der Waals surface area contributed by atoms with Gasteiger partial charge < -0.3 is 0 Å². The molecule has 0 aromatic rings. The average molecular weight is 193 g/mol. The standard InChI is InChI=1S/C14H25/c1-3-5-7-9-11-13-14-12-10-8-6-4-2/h4,6,10,12H,1,3,5,7-9,11,13-14H2,2H3/b6-4-,12-10-. The number of hydrogen-bond donors (Lipinski definition) is 0. The minimum absolute atomic E-state index is 1.10. The molecule has 0 nitrogen and oxygen atoms in total. The van der Waals surface area contributed by atoms with E-state index in [0.717, 1.165) is 12.8 Å². The summed E-state index contributed by atoms with van der Waals surface area (Å²) in [6.45, 7) is 5.91. The molecule has 0 fully saturated rings. The van der Waals surface area contributed by atoms with Crippen LogP contribution in [0.4, 0.5) is 0 Å². The zero-order valence-corrected chi connectivity index (χ0v) is 9.67. The number of allylic oxidation sites excluding steroid dienone is 4. The monoisotopic (exact) mass is 193 g/mol. The lowest BCUT2D eigenvalue weighted by Gasteiger charge is -1.97. The van der Waals surface area contributed by atoms with Gasteiger partial charge in [0, 0.05) is 0 Å². The van der Waals surface area contributed by atoms with Crippen LogP contribution < -0.4 is 0 Å². The van der Waals surface area contributed by atoms with Gasteiger partial charge in [-0.15, -0.1) is 0 Å². The maximum atomic E-state index is 3.84. The third kappa shape index (κ3) is 11.5. The van der Waals surface area contributed by atoms with Crippen molar-refractivity contribution in [3.8, 4) is 0 Å². The predicted molar refractivity (Wildman–Crippen MR) is 66.2 cm³/mol. The van der Waals surface area contributed by atoms with Crippen LogP contribution in [0.3, 0.4) is 0 Å². The second kappa shape index (κ2) is 12.5. The minimum atomic E-state index is 1.10. The van der Waals surface area contributed by atoms with Crippen molar-refractivity contribution in [2.24, 2.45) is 0 Å². The molecule has 0 aliphatic heterocycles. The topological polar surface area (TPSA) is 0 Å². The number of hydrogen-bond acceptors (Lipinski definition) is 0. The Kier molecular flexibility index (Phi) is 12.0. The first-order valence-corrected chi connectivity index (χ1v) is 5.97. The quantitative estimate of drug-likeness (QED) is 0.354. The molecule has 0 heteroatoms. The lowest BCUT2D eigenvalue weighted by Crippen LogP contribution is -1.77. The molecule has 0 amide bonds. The van der Waals surface area contributed by atoms with Crippen molar-refractivity contribution in [3.05, 3.63) is 31.2 Å². The van der Waals surface area contributed by atoms with Gasteiger partial charge in [-0.1, -0.05) is 63.3 Å². The highest BCUT2D eigenvalue weighted by molar-refractivity contribution is 4.91. The minimum Gasteiger partial charge on any atom is -0.0914 e. The summed E-state index contributed by atoms with van der Waals surface area (Å²) in [5.74, 6) is 0. The predicted octanol–water partition coefficient (Wildman–Crippen LogP) is 5.07. The first-order valence-electron chi connectivity index (χ1n) is 5.97. The molecule has 0 rings (SSSR count). The zero-order chi connectivity index (χ0) is 10.5. The Hall–Kier alpha value is -0.520. The first kappa shape index (κ1) is 13.5. The van der Waals surface area contributed by atoms with Crippen molar-refractivity contribution >= 4 is 0 Å². The van der Waals surface area contributed by atoms with E-state index in [0.29, 0.717) is 0 Å². The van der Waals surface area contributed by atoms with E-state index in [4.69, 9.17) is 0 Å². The van der Waals surface area contributed by atoms with Gasteiger partial charge in [0.15, 0.2) is 0 Å². The Morgan fingerprint density at radius 1 is 0.857 bits per heavy atom. The molecule has 0 aliphatic rings. The average Bonchev–Trinajstić information content (AvgIpc) is 2.21. The SMILES string of the molecule is [CH2]CCCCCCC/C=C\C/C=C\C. The summed E-state index contributed by atoms with van der Waals surface area (Å²) in [6, 6.07) is 0. The Morgan fingerprint density at radius 2 is 1.57 bits per heavy atom. The highest BCUT2D eigenvalue weighted by Crippen LogP contribution is 2.07. The molecule has 0 unspecified atom stereocenters. The van der Waals surface area contributed by atoms with Gasteiger partial charge in [0.25, 0.3) is 0 Å². The van der Waals surface area contributed by atoms with Crippen molar-refractivity contribution in [2.45, 2.75) is 58.3 Å². The Labute approximate surface area is 90.1 Å². The molecule has 1 radical (unpaired) electrons. The van der Waals surface area contributed by atoms with Crippen LogP contribution >= 0.6 is 0 Å². The molecule has 81 valence electrons. The van der Waals surface area contributed by atoms with Crippen LogP contribution in [0.1, 0.15) is 58.3 Å². The van der Waals surface area contributed by atoms with E-state index >= 15 is 0 Å². The van der Waals surface area contributed by atoms with Gasteiger partial charge in [-0.2, -0.15) is 0 Å². The highest BCUT2D eigenvalue weighted by atomic mass is 13.9. The van der Waals surface area contributed by atoms with Crippen LogP contribution in [0, 0.1) is 6.92 Å². The fourth-order valence-corrected chi connectivity index (χ4v) is 1.40. The third-order valence-corrected chi connectivity index (χ3v) is 2.30. The fraction of sp³-hybridized carbons (Fsp3) is 0.643. The lowest BCUT2D eigenvalue weighted by molar-refractivity contribution is 0.621. The van der Waals surface area contributed by atoms with E-state index in [1.807, 2.05) is 0 Å². The van der Waals surface area contributed by atoms with E-state index in [1.54, 1.807) is 0 Å². The summed E-state index contributed by atoms with van der Waals surface area (Å²) < 4.78 is 0. The molecular weight excluding hydrogens is 168 g/mol. The van der Waals surface area contributed by atoms with Gasteiger partial charge >= 0.3 is 0 Å². The van der Waals surface area contributed by atoms with E-state index < -0.39 is 0 Å². The van der Waals surface area contributed by atoms with Crippen molar-refractivity contribution < 1.29 is 0 Å². The second-order valence-corrected chi connectivity index (χ2v) is 3.69. The van der Waals surface area contributed by atoms with Crippen LogP contribution in [0.15, 0.2) is 24.3 Å². The lowest BCUT2D eigenvalue weighted by atomic mass is 10.1. The summed E-state index contributed by atoms with van der Waals surface area (Å²) >= 11 is 0. The maximum absolute atomic E-state index is 3.84. The first-order chi connectivity index (χ1) is 6.91. The summed E-state index contributed by atoms with van der Waals surface area (Å²) in [5.41, 5.74) is 0. The molecule has 14 heavy (non-hydrogen) atoms. The van der Waals surface area contributed by atoms with Crippen LogP contribution in [0.2, 0.25) is 0 Å². The van der Waals surface area contributed by atoms with Crippen LogP contribution in [0.5, 0.6) is 0 Å². The fourth-order valence-electron chi connectivity index (χ4n) is 1.40. The molecule has 0 atom stereocenters.